The number of hydrogen-bond acceptors (Lipinski definition) is 4. The molecule has 27 heavy (non-hydrogen) atoms. The number of fused-ring (bicyclic) bond motifs is 2. The van der Waals surface area contributed by atoms with Crippen molar-refractivity contribution in [2.45, 2.75) is 54.9 Å². The van der Waals surface area contributed by atoms with Gasteiger partial charge in [0.25, 0.3) is 0 Å². The molecule has 1 heterocycles. The zero-order valence-electron chi connectivity index (χ0n) is 15.4. The van der Waals surface area contributed by atoms with Gasteiger partial charge in [-0.05, 0) is 49.6 Å². The molecule has 140 valence electrons. The third-order valence-electron chi connectivity index (χ3n) is 5.04. The number of anilines is 2. The van der Waals surface area contributed by atoms with Crippen LogP contribution in [0, 0.1) is 0 Å². The molecule has 2 aromatic rings. The monoisotopic (exact) mass is 380 g/mol. The van der Waals surface area contributed by atoms with Crippen LogP contribution in [0.3, 0.4) is 0 Å². The Hall–Kier alpha value is -2.47. The standard InChI is InChI=1S/C21H24N4OS/c1-14(24-25-21(26)22-16-7-3-2-4-8-16)15-11-12-20-18(13-15)23-17-9-5-6-10-19(17)27-20/h5-6,9-13,16,23H,2-4,7-8H2,1H3,(H2,22,25,26)/b24-14-. The van der Waals surface area contributed by atoms with Crippen molar-refractivity contribution in [2.75, 3.05) is 5.32 Å². The van der Waals surface area contributed by atoms with Crippen molar-refractivity contribution in [3.63, 3.8) is 0 Å². The Bertz CT molecular complexity index is 874. The van der Waals surface area contributed by atoms with Crippen LogP contribution < -0.4 is 16.1 Å². The van der Waals surface area contributed by atoms with E-state index in [9.17, 15) is 4.79 Å². The Morgan fingerprint density at radius 1 is 1.07 bits per heavy atom. The first-order valence-corrected chi connectivity index (χ1v) is 10.3. The Kier molecular flexibility index (Phi) is 5.34. The van der Waals surface area contributed by atoms with Crippen LogP contribution in [0.1, 0.15) is 44.6 Å². The Balaban J connectivity index is 1.41. The number of rotatable bonds is 3. The van der Waals surface area contributed by atoms with E-state index in [1.54, 1.807) is 11.8 Å². The van der Waals surface area contributed by atoms with Gasteiger partial charge in [-0.25, -0.2) is 10.2 Å². The fourth-order valence-electron chi connectivity index (χ4n) is 3.53. The van der Waals surface area contributed by atoms with Crippen molar-refractivity contribution in [1.82, 2.24) is 10.7 Å². The number of para-hydroxylation sites is 1. The highest BCUT2D eigenvalue weighted by Crippen LogP contribution is 2.44. The van der Waals surface area contributed by atoms with E-state index in [2.05, 4.69) is 45.4 Å². The highest BCUT2D eigenvalue weighted by Gasteiger charge is 2.17. The van der Waals surface area contributed by atoms with Gasteiger partial charge in [-0.1, -0.05) is 49.2 Å². The Morgan fingerprint density at radius 2 is 1.85 bits per heavy atom. The minimum Gasteiger partial charge on any atom is -0.354 e. The number of urea groups is 1. The predicted octanol–water partition coefficient (Wildman–Crippen LogP) is 5.25. The SMILES string of the molecule is C/C(=N/NC(=O)NC1CCCCC1)c1ccc2c(c1)Nc1ccccc1S2. The number of benzene rings is 2. The summed E-state index contributed by atoms with van der Waals surface area (Å²) < 4.78 is 0. The van der Waals surface area contributed by atoms with E-state index < -0.39 is 0 Å². The summed E-state index contributed by atoms with van der Waals surface area (Å²) >= 11 is 1.76. The van der Waals surface area contributed by atoms with Crippen LogP contribution in [0.15, 0.2) is 57.4 Å². The molecule has 4 rings (SSSR count). The third-order valence-corrected chi connectivity index (χ3v) is 6.19. The summed E-state index contributed by atoms with van der Waals surface area (Å²) in [6.07, 6.45) is 5.77. The number of amides is 2. The first kappa shape index (κ1) is 17.9. The molecular weight excluding hydrogens is 356 g/mol. The third kappa shape index (κ3) is 4.27. The van der Waals surface area contributed by atoms with E-state index in [-0.39, 0.29) is 12.1 Å². The summed E-state index contributed by atoms with van der Waals surface area (Å²) in [7, 11) is 0. The Morgan fingerprint density at radius 3 is 2.70 bits per heavy atom. The van der Waals surface area contributed by atoms with Crippen LogP contribution in [0.4, 0.5) is 16.2 Å². The fraction of sp³-hybridized carbons (Fsp3) is 0.333. The molecular formula is C21H24N4OS. The molecule has 0 radical (unpaired) electrons. The smallest absolute Gasteiger partial charge is 0.335 e. The predicted molar refractivity (Wildman–Crippen MR) is 111 cm³/mol. The normalized spacial score (nSPS) is 16.7. The minimum atomic E-state index is -0.221. The highest BCUT2D eigenvalue weighted by atomic mass is 32.2. The van der Waals surface area contributed by atoms with Gasteiger partial charge in [0.15, 0.2) is 0 Å². The fourth-order valence-corrected chi connectivity index (χ4v) is 4.50. The molecule has 0 aromatic heterocycles. The number of hydrazone groups is 1. The van der Waals surface area contributed by atoms with Crippen LogP contribution in [0.5, 0.6) is 0 Å². The molecule has 1 fully saturated rings. The van der Waals surface area contributed by atoms with Crippen molar-refractivity contribution in [1.29, 1.82) is 0 Å². The second-order valence-electron chi connectivity index (χ2n) is 7.05. The summed E-state index contributed by atoms with van der Waals surface area (Å²) in [5.74, 6) is 0. The van der Waals surface area contributed by atoms with E-state index in [4.69, 9.17) is 0 Å². The molecule has 1 saturated carbocycles. The second kappa shape index (κ2) is 8.05. The van der Waals surface area contributed by atoms with E-state index in [1.807, 2.05) is 25.1 Å². The van der Waals surface area contributed by atoms with E-state index in [0.717, 1.165) is 35.5 Å². The van der Waals surface area contributed by atoms with Crippen molar-refractivity contribution >= 4 is 34.9 Å². The van der Waals surface area contributed by atoms with Crippen molar-refractivity contribution in [3.05, 3.63) is 48.0 Å². The summed E-state index contributed by atoms with van der Waals surface area (Å²) in [5.41, 5.74) is 6.59. The van der Waals surface area contributed by atoms with Gasteiger partial charge in [0.2, 0.25) is 0 Å². The van der Waals surface area contributed by atoms with Crippen LogP contribution in [-0.4, -0.2) is 17.8 Å². The molecule has 0 unspecified atom stereocenters. The van der Waals surface area contributed by atoms with Gasteiger partial charge in [0.1, 0.15) is 0 Å². The van der Waals surface area contributed by atoms with Gasteiger partial charge in [-0.3, -0.25) is 0 Å². The molecule has 0 spiro atoms. The van der Waals surface area contributed by atoms with E-state index in [1.165, 1.54) is 29.1 Å². The Labute approximate surface area is 164 Å². The molecule has 2 aromatic carbocycles. The lowest BCUT2D eigenvalue weighted by Gasteiger charge is -2.22. The van der Waals surface area contributed by atoms with Crippen molar-refractivity contribution < 1.29 is 4.79 Å². The zero-order chi connectivity index (χ0) is 18.6. The highest BCUT2D eigenvalue weighted by molar-refractivity contribution is 7.99. The molecule has 1 aliphatic heterocycles. The summed E-state index contributed by atoms with van der Waals surface area (Å²) in [6.45, 7) is 1.91. The first-order chi connectivity index (χ1) is 13.2. The zero-order valence-corrected chi connectivity index (χ0v) is 16.2. The quantitative estimate of drug-likeness (QED) is 0.429. The summed E-state index contributed by atoms with van der Waals surface area (Å²) in [6, 6.07) is 14.6. The van der Waals surface area contributed by atoms with E-state index in [0.29, 0.717) is 0 Å². The number of nitrogens with one attached hydrogen (secondary N) is 3. The molecule has 2 aliphatic rings. The van der Waals surface area contributed by atoms with Gasteiger partial charge in [-0.15, -0.1) is 0 Å². The lowest BCUT2D eigenvalue weighted by atomic mass is 9.96. The molecule has 6 heteroatoms. The molecule has 0 saturated heterocycles. The largest absolute Gasteiger partial charge is 0.354 e. The maximum atomic E-state index is 12.1. The van der Waals surface area contributed by atoms with Crippen LogP contribution >= 0.6 is 11.8 Å². The maximum Gasteiger partial charge on any atom is 0.335 e. The van der Waals surface area contributed by atoms with Crippen molar-refractivity contribution in [2.24, 2.45) is 5.10 Å². The summed E-state index contributed by atoms with van der Waals surface area (Å²) in [5, 5.41) is 10.8. The van der Waals surface area contributed by atoms with Gasteiger partial charge in [-0.2, -0.15) is 5.10 Å². The number of carbonyl (C=O) groups is 1. The molecule has 2 amide bonds. The molecule has 0 bridgehead atoms. The molecule has 0 atom stereocenters. The van der Waals surface area contributed by atoms with Crippen molar-refractivity contribution in [3.8, 4) is 0 Å². The number of hydrogen-bond donors (Lipinski definition) is 3. The van der Waals surface area contributed by atoms with Crippen LogP contribution in [-0.2, 0) is 0 Å². The van der Waals surface area contributed by atoms with Gasteiger partial charge in [0, 0.05) is 15.8 Å². The number of carbonyl (C=O) groups excluding carboxylic acids is 1. The molecule has 5 nitrogen and oxygen atoms in total. The summed E-state index contributed by atoms with van der Waals surface area (Å²) in [4.78, 5) is 14.5. The van der Waals surface area contributed by atoms with E-state index >= 15 is 0 Å². The second-order valence-corrected chi connectivity index (χ2v) is 8.14. The lowest BCUT2D eigenvalue weighted by Crippen LogP contribution is -2.41. The molecule has 3 N–H and O–H groups in total. The first-order valence-electron chi connectivity index (χ1n) is 9.48. The van der Waals surface area contributed by atoms with Gasteiger partial charge < -0.3 is 10.6 Å². The number of nitrogens with zero attached hydrogens (tertiary/aromatic N) is 1. The maximum absolute atomic E-state index is 12.1. The average molecular weight is 381 g/mol. The average Bonchev–Trinajstić information content (AvgIpc) is 2.70. The van der Waals surface area contributed by atoms with Gasteiger partial charge in [0.05, 0.1) is 17.1 Å². The van der Waals surface area contributed by atoms with Crippen LogP contribution in [0.2, 0.25) is 0 Å². The lowest BCUT2D eigenvalue weighted by molar-refractivity contribution is 0.233. The van der Waals surface area contributed by atoms with Gasteiger partial charge >= 0.3 is 6.03 Å². The topological polar surface area (TPSA) is 65.5 Å². The minimum absolute atomic E-state index is 0.221. The van der Waals surface area contributed by atoms with Crippen LogP contribution in [0.25, 0.3) is 0 Å². The molecule has 1 aliphatic carbocycles.